The third kappa shape index (κ3) is 2.07. The topological polar surface area (TPSA) is 60.2 Å². The van der Waals surface area contributed by atoms with Crippen LogP contribution >= 0.6 is 0 Å². The average molecular weight is 365 g/mol. The standard InChI is InChI=1S/C20H22F3NO2/c1-18-7-5-12-10(11(18)3-4-15(18)26)9-13(20(21,22)23)16-17(24)14(25)6-8-19(12,16)2/h6,8-12H,3-5,7,24H2,1-2H3/t10-,11-,12-,18-,19+/m0/s1. The Labute approximate surface area is 150 Å². The van der Waals surface area contributed by atoms with Gasteiger partial charge in [-0.05, 0) is 43.1 Å². The predicted octanol–water partition coefficient (Wildman–Crippen LogP) is 3.86. The number of carbonyl (C=O) groups excluding carboxylic acids is 2. The second-order valence-electron chi connectivity index (χ2n) is 8.56. The molecule has 0 heterocycles. The number of fused-ring (bicyclic) bond motifs is 5. The van der Waals surface area contributed by atoms with Gasteiger partial charge in [0, 0.05) is 22.8 Å². The highest BCUT2D eigenvalue weighted by atomic mass is 19.4. The fourth-order valence-electron chi connectivity index (χ4n) is 5.99. The molecule has 0 bridgehead atoms. The number of carbonyl (C=O) groups is 2. The van der Waals surface area contributed by atoms with Gasteiger partial charge in [-0.1, -0.05) is 26.0 Å². The van der Waals surface area contributed by atoms with Crippen LogP contribution in [0.25, 0.3) is 0 Å². The van der Waals surface area contributed by atoms with Crippen LogP contribution < -0.4 is 5.73 Å². The SMILES string of the molecule is C[C@]12C=CC(=O)C(N)=C1C(C(F)(F)F)=C[C@@H]1[C@@H]2CC[C@]2(C)C(=O)CC[C@@H]12. The molecule has 6 heteroatoms. The number of ketones is 2. The van der Waals surface area contributed by atoms with Crippen LogP contribution in [0.3, 0.4) is 0 Å². The highest BCUT2D eigenvalue weighted by Gasteiger charge is 2.61. The summed E-state index contributed by atoms with van der Waals surface area (Å²) in [5.41, 5.74) is 3.23. The number of halogens is 3. The number of alkyl halides is 3. The first-order valence-corrected chi connectivity index (χ1v) is 9.06. The van der Waals surface area contributed by atoms with E-state index in [1.54, 1.807) is 13.0 Å². The van der Waals surface area contributed by atoms with Crippen molar-refractivity contribution in [1.29, 1.82) is 0 Å². The molecule has 140 valence electrons. The van der Waals surface area contributed by atoms with Crippen LogP contribution in [-0.4, -0.2) is 17.7 Å². The molecule has 0 aromatic rings. The molecule has 0 unspecified atom stereocenters. The smallest absolute Gasteiger partial charge is 0.395 e. The highest BCUT2D eigenvalue weighted by molar-refractivity contribution is 6.06. The molecule has 26 heavy (non-hydrogen) atoms. The third-order valence-electron chi connectivity index (χ3n) is 7.40. The first-order valence-electron chi connectivity index (χ1n) is 9.06. The molecule has 0 aromatic carbocycles. The van der Waals surface area contributed by atoms with Gasteiger partial charge in [0.1, 0.15) is 5.78 Å². The largest absolute Gasteiger partial charge is 0.416 e. The van der Waals surface area contributed by atoms with Gasteiger partial charge in [-0.2, -0.15) is 13.2 Å². The molecule has 0 saturated heterocycles. The minimum atomic E-state index is -4.59. The van der Waals surface area contributed by atoms with E-state index in [9.17, 15) is 22.8 Å². The van der Waals surface area contributed by atoms with Crippen LogP contribution in [0.4, 0.5) is 13.2 Å². The number of hydrogen-bond acceptors (Lipinski definition) is 3. The lowest BCUT2D eigenvalue weighted by molar-refractivity contribution is -0.130. The quantitative estimate of drug-likeness (QED) is 0.709. The van der Waals surface area contributed by atoms with Crippen molar-refractivity contribution in [2.24, 2.45) is 34.3 Å². The van der Waals surface area contributed by atoms with Crippen molar-refractivity contribution < 1.29 is 22.8 Å². The van der Waals surface area contributed by atoms with Crippen LogP contribution in [0.2, 0.25) is 0 Å². The second kappa shape index (κ2) is 5.11. The first kappa shape index (κ1) is 17.6. The summed E-state index contributed by atoms with van der Waals surface area (Å²) in [6.07, 6.45) is 2.00. The minimum Gasteiger partial charge on any atom is -0.395 e. The summed E-state index contributed by atoms with van der Waals surface area (Å²) in [6, 6.07) is 0. The molecule has 0 aromatic heterocycles. The normalized spacial score (nSPS) is 42.3. The van der Waals surface area contributed by atoms with E-state index in [-0.39, 0.29) is 34.8 Å². The molecular weight excluding hydrogens is 343 g/mol. The van der Waals surface area contributed by atoms with Crippen LogP contribution in [-0.2, 0) is 9.59 Å². The lowest BCUT2D eigenvalue weighted by Crippen LogP contribution is -2.51. The highest BCUT2D eigenvalue weighted by Crippen LogP contribution is 2.64. The molecule has 0 spiro atoms. The van der Waals surface area contributed by atoms with Crippen molar-refractivity contribution in [2.45, 2.75) is 45.7 Å². The number of Topliss-reactive ketones (excluding diaryl/α,β-unsaturated/α-hetero) is 1. The number of hydrogen-bond donors (Lipinski definition) is 1. The van der Waals surface area contributed by atoms with Gasteiger partial charge in [0.25, 0.3) is 0 Å². The van der Waals surface area contributed by atoms with Crippen LogP contribution in [0.5, 0.6) is 0 Å². The Hall–Kier alpha value is -1.85. The number of rotatable bonds is 0. The van der Waals surface area contributed by atoms with Gasteiger partial charge >= 0.3 is 6.18 Å². The zero-order valence-corrected chi connectivity index (χ0v) is 14.8. The molecule has 0 radical (unpaired) electrons. The Morgan fingerprint density at radius 3 is 2.50 bits per heavy atom. The van der Waals surface area contributed by atoms with Gasteiger partial charge in [0.15, 0.2) is 0 Å². The molecule has 5 atom stereocenters. The van der Waals surface area contributed by atoms with Gasteiger partial charge < -0.3 is 5.73 Å². The van der Waals surface area contributed by atoms with Gasteiger partial charge in [-0.25, -0.2) is 0 Å². The van der Waals surface area contributed by atoms with Crippen molar-refractivity contribution in [3.05, 3.63) is 35.1 Å². The molecule has 0 aliphatic heterocycles. The van der Waals surface area contributed by atoms with Crippen molar-refractivity contribution in [3.63, 3.8) is 0 Å². The Bertz CT molecular complexity index is 806. The average Bonchev–Trinajstić information content (AvgIpc) is 2.85. The van der Waals surface area contributed by atoms with E-state index in [1.165, 1.54) is 12.2 Å². The minimum absolute atomic E-state index is 0.0772. The summed E-state index contributed by atoms with van der Waals surface area (Å²) in [5.74, 6) is -0.908. The van der Waals surface area contributed by atoms with E-state index in [1.807, 2.05) is 6.92 Å². The number of allylic oxidation sites excluding steroid dienone is 5. The molecule has 3 nitrogen and oxygen atoms in total. The summed E-state index contributed by atoms with van der Waals surface area (Å²) in [5, 5.41) is 0. The maximum Gasteiger partial charge on any atom is 0.416 e. The maximum atomic E-state index is 13.9. The summed E-state index contributed by atoms with van der Waals surface area (Å²) in [4.78, 5) is 24.4. The van der Waals surface area contributed by atoms with E-state index in [4.69, 9.17) is 5.73 Å². The molecule has 0 amide bonds. The lowest BCUT2D eigenvalue weighted by atomic mass is 9.49. The van der Waals surface area contributed by atoms with Crippen LogP contribution in [0.1, 0.15) is 39.5 Å². The van der Waals surface area contributed by atoms with Gasteiger partial charge in [-0.15, -0.1) is 0 Å². The van der Waals surface area contributed by atoms with Crippen molar-refractivity contribution in [1.82, 2.24) is 0 Å². The molecule has 4 aliphatic carbocycles. The number of nitrogens with two attached hydrogens (primary N) is 1. The van der Waals surface area contributed by atoms with E-state index in [2.05, 4.69) is 0 Å². The van der Waals surface area contributed by atoms with E-state index < -0.39 is 28.4 Å². The Balaban J connectivity index is 1.94. The fourth-order valence-corrected chi connectivity index (χ4v) is 5.99. The zero-order valence-electron chi connectivity index (χ0n) is 14.8. The molecule has 4 rings (SSSR count). The molecule has 4 aliphatic rings. The van der Waals surface area contributed by atoms with Gasteiger partial charge in [0.05, 0.1) is 11.3 Å². The van der Waals surface area contributed by atoms with Crippen molar-refractivity contribution >= 4 is 11.6 Å². The second-order valence-corrected chi connectivity index (χ2v) is 8.56. The van der Waals surface area contributed by atoms with Crippen molar-refractivity contribution in [2.75, 3.05) is 0 Å². The van der Waals surface area contributed by atoms with E-state index in [0.717, 1.165) is 0 Å². The molecule has 2 fully saturated rings. The third-order valence-corrected chi connectivity index (χ3v) is 7.40. The zero-order chi connectivity index (χ0) is 19.1. The monoisotopic (exact) mass is 365 g/mol. The summed E-state index contributed by atoms with van der Waals surface area (Å²) >= 11 is 0. The van der Waals surface area contributed by atoms with Crippen LogP contribution in [0.15, 0.2) is 35.1 Å². The maximum absolute atomic E-state index is 13.9. The van der Waals surface area contributed by atoms with E-state index in [0.29, 0.717) is 25.7 Å². The predicted molar refractivity (Wildman–Crippen MR) is 89.7 cm³/mol. The van der Waals surface area contributed by atoms with Crippen molar-refractivity contribution in [3.8, 4) is 0 Å². The Morgan fingerprint density at radius 1 is 1.15 bits per heavy atom. The molecule has 2 saturated carbocycles. The fraction of sp³-hybridized carbons (Fsp3) is 0.600. The molecular formula is C20H22F3NO2. The summed E-state index contributed by atoms with van der Waals surface area (Å²) in [6.45, 7) is 3.67. The Kier molecular flexibility index (Phi) is 3.45. The van der Waals surface area contributed by atoms with Gasteiger partial charge in [0.2, 0.25) is 5.78 Å². The van der Waals surface area contributed by atoms with Crippen LogP contribution in [0, 0.1) is 28.6 Å². The summed E-state index contributed by atoms with van der Waals surface area (Å²) < 4.78 is 41.7. The summed E-state index contributed by atoms with van der Waals surface area (Å²) in [7, 11) is 0. The Morgan fingerprint density at radius 2 is 1.85 bits per heavy atom. The lowest BCUT2D eigenvalue weighted by Gasteiger charge is -2.54. The first-order chi connectivity index (χ1) is 12.0. The van der Waals surface area contributed by atoms with E-state index >= 15 is 0 Å². The molecule has 2 N–H and O–H groups in total. The van der Waals surface area contributed by atoms with Gasteiger partial charge in [-0.3, -0.25) is 9.59 Å².